The molecule has 0 saturated heterocycles. The van der Waals surface area contributed by atoms with E-state index >= 15 is 0 Å². The van der Waals surface area contributed by atoms with Crippen LogP contribution in [0.1, 0.15) is 35.0 Å². The number of benzene rings is 2. The van der Waals surface area contributed by atoms with Crippen LogP contribution in [0.4, 0.5) is 0 Å². The average Bonchev–Trinajstić information content (AvgIpc) is 3.39. The van der Waals surface area contributed by atoms with Gasteiger partial charge in [-0.1, -0.05) is 19.1 Å². The smallest absolute Gasteiger partial charge is 0.349 e. The number of ether oxygens (including phenoxy) is 2. The summed E-state index contributed by atoms with van der Waals surface area (Å²) in [5, 5.41) is 3.12. The first-order valence-electron chi connectivity index (χ1n) is 11.0. The Morgan fingerprint density at radius 2 is 1.83 bits per heavy atom. The molecule has 0 spiro atoms. The van der Waals surface area contributed by atoms with Gasteiger partial charge in [-0.3, -0.25) is 4.79 Å². The molecule has 8 nitrogen and oxygen atoms in total. The Hall–Kier alpha value is -4.59. The molecular weight excluding hydrogens is 450 g/mol. The summed E-state index contributed by atoms with van der Waals surface area (Å²) in [6.45, 7) is 2.82. The number of furan rings is 1. The van der Waals surface area contributed by atoms with Crippen LogP contribution in [0.3, 0.4) is 0 Å². The van der Waals surface area contributed by atoms with Gasteiger partial charge in [-0.15, -0.1) is 0 Å². The van der Waals surface area contributed by atoms with Gasteiger partial charge in [0.15, 0.2) is 0 Å². The molecule has 1 N–H and O–H groups in total. The maximum absolute atomic E-state index is 12.4. The summed E-state index contributed by atoms with van der Waals surface area (Å²) >= 11 is 0. The molecule has 178 valence electrons. The van der Waals surface area contributed by atoms with E-state index in [0.717, 1.165) is 17.7 Å². The van der Waals surface area contributed by atoms with Gasteiger partial charge in [0.2, 0.25) is 0 Å². The second-order valence-corrected chi connectivity index (χ2v) is 7.58. The minimum absolute atomic E-state index is 0.136. The zero-order chi connectivity index (χ0) is 24.6. The van der Waals surface area contributed by atoms with E-state index in [2.05, 4.69) is 5.32 Å². The molecule has 0 fully saturated rings. The van der Waals surface area contributed by atoms with Crippen LogP contribution in [0.5, 0.6) is 11.5 Å². The molecule has 0 aliphatic heterocycles. The van der Waals surface area contributed by atoms with Crippen molar-refractivity contribution in [2.24, 2.45) is 0 Å². The minimum Gasteiger partial charge on any atom is -0.494 e. The van der Waals surface area contributed by atoms with E-state index in [1.165, 1.54) is 24.5 Å². The highest BCUT2D eigenvalue weighted by Gasteiger charge is 2.15. The molecule has 0 unspecified atom stereocenters. The predicted molar refractivity (Wildman–Crippen MR) is 129 cm³/mol. The van der Waals surface area contributed by atoms with E-state index in [9.17, 15) is 14.4 Å². The SMILES string of the molecule is CCCOc1ccc(/C=C/C(=O)Oc2ccc3cc(C(=O)NCc4ccco4)c(=O)oc3c2)cc1. The van der Waals surface area contributed by atoms with Crippen molar-refractivity contribution in [1.29, 1.82) is 0 Å². The van der Waals surface area contributed by atoms with Crippen molar-refractivity contribution in [3.05, 3.63) is 100 Å². The lowest BCUT2D eigenvalue weighted by Crippen LogP contribution is -2.27. The molecule has 4 aromatic rings. The zero-order valence-electron chi connectivity index (χ0n) is 19.0. The zero-order valence-corrected chi connectivity index (χ0v) is 19.0. The quantitative estimate of drug-likeness (QED) is 0.162. The largest absolute Gasteiger partial charge is 0.494 e. The number of nitrogens with one attached hydrogen (secondary N) is 1. The van der Waals surface area contributed by atoms with Crippen molar-refractivity contribution in [1.82, 2.24) is 5.32 Å². The maximum atomic E-state index is 12.4. The molecule has 0 saturated carbocycles. The fourth-order valence-corrected chi connectivity index (χ4v) is 3.20. The Kier molecular flexibility index (Phi) is 7.42. The number of carbonyl (C=O) groups is 2. The summed E-state index contributed by atoms with van der Waals surface area (Å²) in [5.41, 5.74) is 0.0646. The van der Waals surface area contributed by atoms with Gasteiger partial charge in [0.1, 0.15) is 28.4 Å². The maximum Gasteiger partial charge on any atom is 0.349 e. The third-order valence-corrected chi connectivity index (χ3v) is 4.94. The Bertz CT molecular complexity index is 1400. The predicted octanol–water partition coefficient (Wildman–Crippen LogP) is 4.72. The van der Waals surface area contributed by atoms with Crippen molar-refractivity contribution < 1.29 is 27.9 Å². The first-order valence-corrected chi connectivity index (χ1v) is 11.0. The molecular formula is C27H23NO7. The molecule has 0 bridgehead atoms. The highest BCUT2D eigenvalue weighted by Crippen LogP contribution is 2.21. The number of hydrogen-bond donors (Lipinski definition) is 1. The van der Waals surface area contributed by atoms with Crippen LogP contribution in [0.15, 0.2) is 86.6 Å². The van der Waals surface area contributed by atoms with Gasteiger partial charge >= 0.3 is 11.6 Å². The topological polar surface area (TPSA) is 108 Å². The van der Waals surface area contributed by atoms with E-state index in [0.29, 0.717) is 17.8 Å². The summed E-state index contributed by atoms with van der Waals surface area (Å²) in [6.07, 6.45) is 5.34. The Labute approximate surface area is 200 Å². The lowest BCUT2D eigenvalue weighted by molar-refractivity contribution is -0.128. The third kappa shape index (κ3) is 6.26. The molecule has 0 aliphatic carbocycles. The van der Waals surface area contributed by atoms with E-state index < -0.39 is 17.5 Å². The van der Waals surface area contributed by atoms with Crippen molar-refractivity contribution >= 4 is 28.9 Å². The van der Waals surface area contributed by atoms with Gasteiger partial charge in [-0.2, -0.15) is 0 Å². The van der Waals surface area contributed by atoms with Crippen LogP contribution in [0.25, 0.3) is 17.0 Å². The van der Waals surface area contributed by atoms with Crippen LogP contribution in [0, 0.1) is 0 Å². The number of fused-ring (bicyclic) bond motifs is 1. The first-order chi connectivity index (χ1) is 17.0. The number of hydrogen-bond acceptors (Lipinski definition) is 7. The number of amides is 1. The van der Waals surface area contributed by atoms with Gasteiger partial charge in [0.05, 0.1) is 19.4 Å². The fraction of sp³-hybridized carbons (Fsp3) is 0.148. The molecule has 2 aromatic carbocycles. The van der Waals surface area contributed by atoms with Crippen LogP contribution in [-0.2, 0) is 11.3 Å². The summed E-state index contributed by atoms with van der Waals surface area (Å²) in [4.78, 5) is 36.9. The van der Waals surface area contributed by atoms with Gasteiger partial charge in [-0.05, 0) is 60.5 Å². The molecule has 4 rings (SSSR count). The molecule has 8 heteroatoms. The Balaban J connectivity index is 1.40. The fourth-order valence-electron chi connectivity index (χ4n) is 3.20. The molecule has 1 amide bonds. The van der Waals surface area contributed by atoms with E-state index in [-0.39, 0.29) is 23.4 Å². The monoisotopic (exact) mass is 473 g/mol. The lowest BCUT2D eigenvalue weighted by Gasteiger charge is -2.06. The summed E-state index contributed by atoms with van der Waals surface area (Å²) in [5.74, 6) is 0.354. The van der Waals surface area contributed by atoms with Crippen molar-refractivity contribution in [2.75, 3.05) is 6.61 Å². The molecule has 0 radical (unpaired) electrons. The van der Waals surface area contributed by atoms with E-state index in [1.54, 1.807) is 30.3 Å². The number of esters is 1. The molecule has 2 heterocycles. The lowest BCUT2D eigenvalue weighted by atomic mass is 10.1. The van der Waals surface area contributed by atoms with Crippen LogP contribution in [-0.4, -0.2) is 18.5 Å². The highest BCUT2D eigenvalue weighted by molar-refractivity contribution is 5.97. The Morgan fingerprint density at radius 1 is 1.03 bits per heavy atom. The van der Waals surface area contributed by atoms with Crippen LogP contribution < -0.4 is 20.4 Å². The molecule has 0 atom stereocenters. The van der Waals surface area contributed by atoms with Crippen molar-refractivity contribution in [2.45, 2.75) is 19.9 Å². The van der Waals surface area contributed by atoms with Crippen LogP contribution in [0.2, 0.25) is 0 Å². The normalized spacial score (nSPS) is 11.0. The first kappa shape index (κ1) is 23.6. The summed E-state index contributed by atoms with van der Waals surface area (Å²) < 4.78 is 21.3. The van der Waals surface area contributed by atoms with Gasteiger partial charge in [0, 0.05) is 17.5 Å². The summed E-state index contributed by atoms with van der Waals surface area (Å²) in [7, 11) is 0. The average molecular weight is 473 g/mol. The highest BCUT2D eigenvalue weighted by atomic mass is 16.5. The number of rotatable bonds is 9. The van der Waals surface area contributed by atoms with Crippen molar-refractivity contribution in [3.8, 4) is 11.5 Å². The number of carbonyl (C=O) groups excluding carboxylic acids is 2. The second kappa shape index (κ2) is 11.0. The van der Waals surface area contributed by atoms with E-state index in [1.807, 2.05) is 31.2 Å². The Morgan fingerprint density at radius 3 is 2.57 bits per heavy atom. The van der Waals surface area contributed by atoms with Gasteiger partial charge in [-0.25, -0.2) is 9.59 Å². The van der Waals surface area contributed by atoms with E-state index in [4.69, 9.17) is 18.3 Å². The van der Waals surface area contributed by atoms with Gasteiger partial charge < -0.3 is 23.6 Å². The van der Waals surface area contributed by atoms with Crippen LogP contribution >= 0.6 is 0 Å². The van der Waals surface area contributed by atoms with Crippen molar-refractivity contribution in [3.63, 3.8) is 0 Å². The molecule has 2 aromatic heterocycles. The third-order valence-electron chi connectivity index (χ3n) is 4.94. The molecule has 0 aliphatic rings. The summed E-state index contributed by atoms with van der Waals surface area (Å²) in [6, 6.07) is 16.7. The molecule has 35 heavy (non-hydrogen) atoms. The van der Waals surface area contributed by atoms with Gasteiger partial charge in [0.25, 0.3) is 5.91 Å². The standard InChI is InChI=1S/C27H23NO7/c1-2-13-32-20-9-5-18(6-10-20)7-12-25(29)34-21-11-8-19-15-23(27(31)35-24(19)16-21)26(30)28-17-22-4-3-14-33-22/h3-12,14-16H,2,13,17H2,1H3,(H,28,30)/b12-7+. The second-order valence-electron chi connectivity index (χ2n) is 7.58. The minimum atomic E-state index is -0.802.